The van der Waals surface area contributed by atoms with Crippen LogP contribution in [0.3, 0.4) is 0 Å². The molecule has 33 heavy (non-hydrogen) atoms. The van der Waals surface area contributed by atoms with E-state index in [0.717, 1.165) is 11.1 Å². The number of benzene rings is 2. The molecule has 2 aromatic rings. The molecule has 178 valence electrons. The largest absolute Gasteiger partial charge is 0.508 e. The topological polar surface area (TPSA) is 119 Å². The van der Waals surface area contributed by atoms with Gasteiger partial charge in [-0.05, 0) is 43.0 Å². The Balaban J connectivity index is 1.62. The van der Waals surface area contributed by atoms with Crippen LogP contribution in [0.1, 0.15) is 18.1 Å². The molecule has 0 spiro atoms. The fraction of sp³-hybridized carbons (Fsp3) is 0.440. The van der Waals surface area contributed by atoms with Gasteiger partial charge in [-0.1, -0.05) is 42.5 Å². The molecular weight excluding hydrogens is 420 g/mol. The Kier molecular flexibility index (Phi) is 8.82. The van der Waals surface area contributed by atoms with Crippen LogP contribution in [0.5, 0.6) is 5.75 Å². The summed E-state index contributed by atoms with van der Waals surface area (Å²) < 4.78 is 0. The quantitative estimate of drug-likeness (QED) is 0.439. The smallest absolute Gasteiger partial charge is 0.245 e. The Hall–Kier alpha value is -2.94. The van der Waals surface area contributed by atoms with E-state index in [1.54, 1.807) is 31.2 Å². The first kappa shape index (κ1) is 24.7. The monoisotopic (exact) mass is 454 g/mol. The SMILES string of the molecule is C[C@@H](NC(=O)[C@@H](N)Cc1ccc(O)cc1)C(=O)N1CCN(CCO)C[C@H]1Cc1ccccc1. The number of rotatable bonds is 9. The zero-order valence-electron chi connectivity index (χ0n) is 19.1. The molecule has 0 radical (unpaired) electrons. The number of carbonyl (C=O) groups excluding carboxylic acids is 2. The van der Waals surface area contributed by atoms with Gasteiger partial charge in [0.05, 0.1) is 12.6 Å². The van der Waals surface area contributed by atoms with E-state index in [4.69, 9.17) is 5.73 Å². The highest BCUT2D eigenvalue weighted by Crippen LogP contribution is 2.17. The summed E-state index contributed by atoms with van der Waals surface area (Å²) in [5, 5.41) is 21.5. The van der Waals surface area contributed by atoms with Gasteiger partial charge < -0.3 is 26.2 Å². The molecule has 0 saturated carbocycles. The fourth-order valence-electron chi connectivity index (χ4n) is 4.22. The number of nitrogens with zero attached hydrogens (tertiary/aromatic N) is 2. The van der Waals surface area contributed by atoms with Crippen molar-refractivity contribution in [1.82, 2.24) is 15.1 Å². The van der Waals surface area contributed by atoms with Crippen LogP contribution in [0.15, 0.2) is 54.6 Å². The lowest BCUT2D eigenvalue weighted by molar-refractivity contribution is -0.140. The van der Waals surface area contributed by atoms with Gasteiger partial charge in [-0.2, -0.15) is 0 Å². The number of amides is 2. The highest BCUT2D eigenvalue weighted by atomic mass is 16.3. The number of carbonyl (C=O) groups is 2. The maximum absolute atomic E-state index is 13.3. The van der Waals surface area contributed by atoms with Crippen LogP contribution >= 0.6 is 0 Å². The Morgan fingerprint density at radius 2 is 1.79 bits per heavy atom. The van der Waals surface area contributed by atoms with Crippen molar-refractivity contribution in [3.05, 3.63) is 65.7 Å². The van der Waals surface area contributed by atoms with Crippen LogP contribution in [-0.4, -0.2) is 82.7 Å². The second kappa shape index (κ2) is 11.8. The number of hydrogen-bond acceptors (Lipinski definition) is 6. The standard InChI is InChI=1S/C25H34N4O4/c1-18(27-24(32)23(26)16-20-7-9-22(31)10-8-20)25(33)29-12-11-28(13-14-30)17-21(29)15-19-5-3-2-4-6-19/h2-10,18,21,23,30-31H,11-17,26H2,1H3,(H,27,32)/t18-,21-,23+/m1/s1. The Morgan fingerprint density at radius 3 is 2.45 bits per heavy atom. The summed E-state index contributed by atoms with van der Waals surface area (Å²) in [7, 11) is 0. The van der Waals surface area contributed by atoms with E-state index in [1.165, 1.54) is 0 Å². The van der Waals surface area contributed by atoms with Crippen molar-refractivity contribution < 1.29 is 19.8 Å². The van der Waals surface area contributed by atoms with Crippen molar-refractivity contribution in [2.45, 2.75) is 37.9 Å². The van der Waals surface area contributed by atoms with Crippen molar-refractivity contribution in [1.29, 1.82) is 0 Å². The summed E-state index contributed by atoms with van der Waals surface area (Å²) in [5.41, 5.74) is 8.03. The van der Waals surface area contributed by atoms with Gasteiger partial charge in [0, 0.05) is 32.2 Å². The highest BCUT2D eigenvalue weighted by molar-refractivity contribution is 5.89. The maximum Gasteiger partial charge on any atom is 0.245 e. The van der Waals surface area contributed by atoms with Crippen molar-refractivity contribution in [3.8, 4) is 5.75 Å². The van der Waals surface area contributed by atoms with Crippen molar-refractivity contribution in [2.75, 3.05) is 32.8 Å². The molecule has 1 fully saturated rings. The minimum Gasteiger partial charge on any atom is -0.508 e. The summed E-state index contributed by atoms with van der Waals surface area (Å²) in [6.45, 7) is 4.23. The second-order valence-electron chi connectivity index (χ2n) is 8.61. The number of aromatic hydroxyl groups is 1. The van der Waals surface area contributed by atoms with Crippen LogP contribution in [0.4, 0.5) is 0 Å². The molecule has 1 heterocycles. The number of phenols is 1. The van der Waals surface area contributed by atoms with Crippen molar-refractivity contribution in [2.24, 2.45) is 5.73 Å². The van der Waals surface area contributed by atoms with E-state index in [2.05, 4.69) is 10.2 Å². The molecule has 0 aromatic heterocycles. The summed E-state index contributed by atoms with van der Waals surface area (Å²) in [5.74, 6) is -0.368. The molecule has 1 aliphatic heterocycles. The number of phenolic OH excluding ortho intramolecular Hbond substituents is 1. The number of aliphatic hydroxyl groups is 1. The van der Waals surface area contributed by atoms with Gasteiger partial charge in [-0.3, -0.25) is 14.5 Å². The predicted octanol–water partition coefficient (Wildman–Crippen LogP) is 0.515. The summed E-state index contributed by atoms with van der Waals surface area (Å²) >= 11 is 0. The Labute approximate surface area is 195 Å². The number of nitrogens with two attached hydrogens (primary N) is 1. The minimum atomic E-state index is -0.800. The molecule has 5 N–H and O–H groups in total. The molecule has 2 amide bonds. The molecule has 3 rings (SSSR count). The van der Waals surface area contributed by atoms with Gasteiger partial charge in [0.1, 0.15) is 11.8 Å². The minimum absolute atomic E-state index is 0.0507. The average Bonchev–Trinajstić information content (AvgIpc) is 2.81. The van der Waals surface area contributed by atoms with Gasteiger partial charge in [-0.25, -0.2) is 0 Å². The van der Waals surface area contributed by atoms with E-state index in [-0.39, 0.29) is 30.2 Å². The number of hydrogen-bond donors (Lipinski definition) is 4. The Bertz CT molecular complexity index is 906. The van der Waals surface area contributed by atoms with E-state index < -0.39 is 12.1 Å². The Morgan fingerprint density at radius 1 is 1.09 bits per heavy atom. The third kappa shape index (κ3) is 7.02. The lowest BCUT2D eigenvalue weighted by atomic mass is 10.0. The number of β-amino-alcohol motifs (C(OH)–C–C–N with tert-alkyl or cyclic N) is 1. The average molecular weight is 455 g/mol. The first-order valence-electron chi connectivity index (χ1n) is 11.4. The van der Waals surface area contributed by atoms with Crippen molar-refractivity contribution >= 4 is 11.8 Å². The molecule has 8 nitrogen and oxygen atoms in total. The fourth-order valence-corrected chi connectivity index (χ4v) is 4.22. The number of piperazine rings is 1. The zero-order valence-corrected chi connectivity index (χ0v) is 19.1. The van der Waals surface area contributed by atoms with Crippen LogP contribution < -0.4 is 11.1 Å². The molecular formula is C25H34N4O4. The van der Waals surface area contributed by atoms with Gasteiger partial charge >= 0.3 is 0 Å². The third-order valence-electron chi connectivity index (χ3n) is 6.04. The lowest BCUT2D eigenvalue weighted by Gasteiger charge is -2.42. The summed E-state index contributed by atoms with van der Waals surface area (Å²) in [6, 6.07) is 15.0. The van der Waals surface area contributed by atoms with Crippen LogP contribution in [0.2, 0.25) is 0 Å². The van der Waals surface area contributed by atoms with Gasteiger partial charge in [0.15, 0.2) is 0 Å². The normalized spacial score (nSPS) is 18.5. The molecule has 0 unspecified atom stereocenters. The molecule has 0 bridgehead atoms. The molecule has 3 atom stereocenters. The molecule has 8 heteroatoms. The summed E-state index contributed by atoms with van der Waals surface area (Å²) in [6.07, 6.45) is 1.01. The summed E-state index contributed by atoms with van der Waals surface area (Å²) in [4.78, 5) is 29.9. The molecule has 2 aromatic carbocycles. The van der Waals surface area contributed by atoms with E-state index >= 15 is 0 Å². The zero-order chi connectivity index (χ0) is 23.8. The lowest BCUT2D eigenvalue weighted by Crippen LogP contribution is -2.60. The van der Waals surface area contributed by atoms with E-state index in [9.17, 15) is 19.8 Å². The highest BCUT2D eigenvalue weighted by Gasteiger charge is 2.33. The first-order valence-corrected chi connectivity index (χ1v) is 11.4. The molecule has 1 aliphatic rings. The second-order valence-corrected chi connectivity index (χ2v) is 8.61. The predicted molar refractivity (Wildman–Crippen MR) is 127 cm³/mol. The third-order valence-corrected chi connectivity index (χ3v) is 6.04. The van der Waals surface area contributed by atoms with Crippen LogP contribution in [0, 0.1) is 0 Å². The maximum atomic E-state index is 13.3. The van der Waals surface area contributed by atoms with Gasteiger partial charge in [-0.15, -0.1) is 0 Å². The van der Waals surface area contributed by atoms with E-state index in [0.29, 0.717) is 39.0 Å². The van der Waals surface area contributed by atoms with Gasteiger partial charge in [0.25, 0.3) is 0 Å². The van der Waals surface area contributed by atoms with Gasteiger partial charge in [0.2, 0.25) is 11.8 Å². The van der Waals surface area contributed by atoms with Crippen LogP contribution in [-0.2, 0) is 22.4 Å². The molecule has 1 saturated heterocycles. The van der Waals surface area contributed by atoms with E-state index in [1.807, 2.05) is 35.2 Å². The first-order chi connectivity index (χ1) is 15.9. The number of aliphatic hydroxyl groups excluding tert-OH is 1. The van der Waals surface area contributed by atoms with Crippen LogP contribution in [0.25, 0.3) is 0 Å². The number of nitrogens with one attached hydrogen (secondary N) is 1. The molecule has 0 aliphatic carbocycles. The van der Waals surface area contributed by atoms with Crippen molar-refractivity contribution in [3.63, 3.8) is 0 Å².